The summed E-state index contributed by atoms with van der Waals surface area (Å²) >= 11 is 0. The fourth-order valence-corrected chi connectivity index (χ4v) is 1.25. The van der Waals surface area contributed by atoms with Crippen LogP contribution < -0.4 is 59.1 Å². The molecule has 0 radical (unpaired) electrons. The minimum Gasteiger partial charge on any atom is -1.00 e. The van der Waals surface area contributed by atoms with Crippen molar-refractivity contribution in [2.75, 3.05) is 0 Å². The number of hydrogen-bond donors (Lipinski definition) is 4. The van der Waals surface area contributed by atoms with Crippen LogP contribution in [-0.4, -0.2) is 19.6 Å². The van der Waals surface area contributed by atoms with Crippen molar-refractivity contribution in [2.24, 2.45) is 0 Å². The first kappa shape index (κ1) is 23.8. The molecule has 0 atom stereocenters. The van der Waals surface area contributed by atoms with Gasteiger partial charge in [-0.1, -0.05) is 0 Å². The van der Waals surface area contributed by atoms with Crippen molar-refractivity contribution in [3.05, 3.63) is 0 Å². The molecule has 0 unspecified atom stereocenters. The summed E-state index contributed by atoms with van der Waals surface area (Å²) < 4.78 is 22.2. The predicted octanol–water partition coefficient (Wildman–Crippen LogP) is -6.43. The second-order valence-electron chi connectivity index (χ2n) is 1.06. The van der Waals surface area contributed by atoms with E-state index in [0.717, 1.165) is 0 Å². The molecule has 0 aromatic carbocycles. The van der Waals surface area contributed by atoms with Gasteiger partial charge < -0.3 is 22.4 Å². The Balaban J connectivity index is -0.0000000320. The summed E-state index contributed by atoms with van der Waals surface area (Å²) in [6.07, 6.45) is 0. The standard InChI is InChI=1S/FH.2Na.H4O7P2.2H/c;;;1-8(2,3)7-9(4,5)6;;/h1H;;;(H2,1,2,3)(H2,4,5,6);;/q;2*+1;;2*-1. The van der Waals surface area contributed by atoms with Gasteiger partial charge >= 0.3 is 74.8 Å². The van der Waals surface area contributed by atoms with E-state index in [2.05, 4.69) is 4.31 Å². The van der Waals surface area contributed by atoms with E-state index in [0.29, 0.717) is 0 Å². The van der Waals surface area contributed by atoms with Crippen molar-refractivity contribution in [3.8, 4) is 0 Å². The van der Waals surface area contributed by atoms with Crippen LogP contribution in [0.25, 0.3) is 0 Å². The van der Waals surface area contributed by atoms with Gasteiger partial charge in [-0.25, -0.2) is 9.13 Å². The van der Waals surface area contributed by atoms with Crippen LogP contribution in [0.2, 0.25) is 0 Å². The minimum atomic E-state index is -5.05. The predicted molar refractivity (Wildman–Crippen MR) is 29.9 cm³/mol. The Morgan fingerprint density at radius 1 is 0.917 bits per heavy atom. The van der Waals surface area contributed by atoms with Crippen molar-refractivity contribution in [3.63, 3.8) is 0 Å². The zero-order valence-corrected chi connectivity index (χ0v) is 12.1. The molecule has 12 heavy (non-hydrogen) atoms. The Labute approximate surface area is 114 Å². The monoisotopic (exact) mass is 246 g/mol. The van der Waals surface area contributed by atoms with Gasteiger partial charge in [0, 0.05) is 0 Å². The van der Waals surface area contributed by atoms with E-state index in [4.69, 9.17) is 19.6 Å². The molecule has 68 valence electrons. The number of rotatable bonds is 2. The van der Waals surface area contributed by atoms with Gasteiger partial charge in [-0.2, -0.15) is 4.31 Å². The van der Waals surface area contributed by atoms with Gasteiger partial charge in [0.1, 0.15) is 0 Å². The third-order valence-electron chi connectivity index (χ3n) is 0.213. The van der Waals surface area contributed by atoms with Gasteiger partial charge in [0.25, 0.3) is 0 Å². The molecule has 0 fully saturated rings. The molecule has 0 aromatic heterocycles. The van der Waals surface area contributed by atoms with Gasteiger partial charge in [0.05, 0.1) is 0 Å². The smallest absolute Gasteiger partial charge is 1.00 e. The molecule has 0 bridgehead atoms. The Kier molecular flexibility index (Phi) is 16.8. The van der Waals surface area contributed by atoms with Crippen molar-refractivity contribution < 1.29 is 99.7 Å². The Hall–Kier alpha value is 2.19. The summed E-state index contributed by atoms with van der Waals surface area (Å²) in [5.41, 5.74) is 0. The average molecular weight is 246 g/mol. The van der Waals surface area contributed by atoms with Crippen molar-refractivity contribution >= 4 is 15.6 Å². The summed E-state index contributed by atoms with van der Waals surface area (Å²) in [7, 11) is -10.1. The van der Waals surface area contributed by atoms with Crippen LogP contribution >= 0.6 is 15.6 Å². The van der Waals surface area contributed by atoms with Crippen LogP contribution in [0.4, 0.5) is 4.70 Å². The normalized spacial score (nSPS) is 10.3. The summed E-state index contributed by atoms with van der Waals surface area (Å²) in [6.45, 7) is 0. The minimum absolute atomic E-state index is 0. The van der Waals surface area contributed by atoms with Gasteiger partial charge in [-0.15, -0.1) is 0 Å². The molecular formula is H7FNa2O7P2. The van der Waals surface area contributed by atoms with Gasteiger partial charge in [-0.3, -0.25) is 4.70 Å². The fraction of sp³-hybridized carbons (Fsp3) is 0. The number of halogens is 1. The molecule has 0 spiro atoms. The SMILES string of the molecule is F.O=P(O)(O)OP(=O)(O)O.[H-].[H-].[Na+].[Na+]. The van der Waals surface area contributed by atoms with Crippen LogP contribution in [-0.2, 0) is 13.4 Å². The zero-order valence-electron chi connectivity index (χ0n) is 8.32. The molecule has 0 heterocycles. The first-order chi connectivity index (χ1) is 3.71. The first-order valence-electron chi connectivity index (χ1n) is 1.53. The second-order valence-corrected chi connectivity index (χ2v) is 3.68. The quantitative estimate of drug-likeness (QED) is 0.282. The molecule has 0 aliphatic rings. The fourth-order valence-electron chi connectivity index (χ4n) is 0.139. The molecule has 0 aromatic rings. The zero-order chi connectivity index (χ0) is 7.71. The number of hydrogen-bond acceptors (Lipinski definition) is 3. The van der Waals surface area contributed by atoms with E-state index in [1.807, 2.05) is 0 Å². The summed E-state index contributed by atoms with van der Waals surface area (Å²) in [5, 5.41) is 0. The first-order valence-corrected chi connectivity index (χ1v) is 4.59. The number of phosphoric acid groups is 2. The van der Waals surface area contributed by atoms with E-state index >= 15 is 0 Å². The molecular weight excluding hydrogens is 239 g/mol. The molecule has 0 aliphatic carbocycles. The van der Waals surface area contributed by atoms with Crippen LogP contribution in [0.3, 0.4) is 0 Å². The molecule has 0 amide bonds. The van der Waals surface area contributed by atoms with Crippen LogP contribution in [0.15, 0.2) is 0 Å². The summed E-state index contributed by atoms with van der Waals surface area (Å²) in [6, 6.07) is 0. The van der Waals surface area contributed by atoms with E-state index in [1.165, 1.54) is 0 Å². The topological polar surface area (TPSA) is 124 Å². The molecule has 0 saturated heterocycles. The van der Waals surface area contributed by atoms with E-state index in [1.54, 1.807) is 0 Å². The maximum atomic E-state index is 9.63. The van der Waals surface area contributed by atoms with Crippen molar-refractivity contribution in [2.45, 2.75) is 0 Å². The van der Waals surface area contributed by atoms with E-state index in [-0.39, 0.29) is 66.7 Å². The van der Waals surface area contributed by atoms with Crippen molar-refractivity contribution in [1.82, 2.24) is 0 Å². The van der Waals surface area contributed by atoms with Crippen molar-refractivity contribution in [1.29, 1.82) is 0 Å². The maximum absolute atomic E-state index is 9.63. The van der Waals surface area contributed by atoms with Gasteiger partial charge in [-0.05, 0) is 0 Å². The van der Waals surface area contributed by atoms with E-state index < -0.39 is 15.6 Å². The summed E-state index contributed by atoms with van der Waals surface area (Å²) in [5.74, 6) is 0. The van der Waals surface area contributed by atoms with Gasteiger partial charge in [0.15, 0.2) is 0 Å². The Morgan fingerprint density at radius 3 is 1.08 bits per heavy atom. The van der Waals surface area contributed by atoms with Crippen LogP contribution in [0.5, 0.6) is 0 Å². The molecule has 0 saturated carbocycles. The maximum Gasteiger partial charge on any atom is 1.00 e. The molecule has 0 rings (SSSR count). The van der Waals surface area contributed by atoms with E-state index in [9.17, 15) is 9.13 Å². The Morgan fingerprint density at radius 2 is 1.08 bits per heavy atom. The molecule has 0 aliphatic heterocycles. The van der Waals surface area contributed by atoms with Crippen LogP contribution in [0.1, 0.15) is 2.85 Å². The third kappa shape index (κ3) is 22.8. The Bertz CT molecular complexity index is 168. The molecule has 7 nitrogen and oxygen atoms in total. The second kappa shape index (κ2) is 8.49. The van der Waals surface area contributed by atoms with Crippen LogP contribution in [0, 0.1) is 0 Å². The average Bonchev–Trinajstić information content (AvgIpc) is 1.14. The largest absolute Gasteiger partial charge is 1.00 e. The molecule has 12 heteroatoms. The van der Waals surface area contributed by atoms with Gasteiger partial charge in [0.2, 0.25) is 0 Å². The third-order valence-corrected chi connectivity index (χ3v) is 1.91. The molecule has 4 N–H and O–H groups in total. The summed E-state index contributed by atoms with van der Waals surface area (Å²) in [4.78, 5) is 31.0.